The molecule has 0 aliphatic carbocycles. The third kappa shape index (κ3) is 3.80. The van der Waals surface area contributed by atoms with Crippen molar-refractivity contribution in [1.82, 2.24) is 4.90 Å². The molecule has 20 heavy (non-hydrogen) atoms. The van der Waals surface area contributed by atoms with Crippen molar-refractivity contribution in [1.29, 1.82) is 0 Å². The number of nitrogens with two attached hydrogens (primary N) is 1. The van der Waals surface area contributed by atoms with Crippen LogP contribution in [0.15, 0.2) is 11.4 Å². The van der Waals surface area contributed by atoms with Crippen LogP contribution in [-0.2, 0) is 4.74 Å². The lowest BCUT2D eigenvalue weighted by Gasteiger charge is -2.39. The van der Waals surface area contributed by atoms with E-state index in [2.05, 4.69) is 30.2 Å². The summed E-state index contributed by atoms with van der Waals surface area (Å²) in [5, 5.41) is 11.0. The number of rotatable bonds is 6. The summed E-state index contributed by atoms with van der Waals surface area (Å²) in [5.41, 5.74) is 7.59. The van der Waals surface area contributed by atoms with Gasteiger partial charge >= 0.3 is 0 Å². The molecule has 2 heterocycles. The van der Waals surface area contributed by atoms with Crippen molar-refractivity contribution in [3.05, 3.63) is 21.9 Å². The number of aliphatic hydroxyl groups is 1. The van der Waals surface area contributed by atoms with E-state index in [4.69, 9.17) is 15.6 Å². The molecule has 2 unspecified atom stereocenters. The Kier molecular flexibility index (Phi) is 5.99. The molecule has 0 amide bonds. The lowest BCUT2D eigenvalue weighted by atomic mass is 9.99. The number of hydrogen-bond donors (Lipinski definition) is 2. The second-order valence-electron chi connectivity index (χ2n) is 5.60. The number of ether oxygens (including phenoxy) is 1. The molecular formula is C15H26N2O2S. The summed E-state index contributed by atoms with van der Waals surface area (Å²) >= 11 is 1.81. The van der Waals surface area contributed by atoms with E-state index in [0.717, 1.165) is 25.9 Å². The van der Waals surface area contributed by atoms with Gasteiger partial charge in [-0.15, -0.1) is 11.3 Å². The molecule has 1 aliphatic heterocycles. The molecule has 5 heteroatoms. The molecular weight excluding hydrogens is 272 g/mol. The van der Waals surface area contributed by atoms with Crippen molar-refractivity contribution in [2.24, 2.45) is 5.73 Å². The highest BCUT2D eigenvalue weighted by atomic mass is 32.1. The minimum Gasteiger partial charge on any atom is -0.394 e. The Hall–Kier alpha value is -0.460. The molecule has 0 spiro atoms. The fourth-order valence-electron chi connectivity index (χ4n) is 2.96. The summed E-state index contributed by atoms with van der Waals surface area (Å²) in [6.45, 7) is 6.85. The first-order chi connectivity index (χ1) is 9.63. The van der Waals surface area contributed by atoms with Gasteiger partial charge in [0.25, 0.3) is 0 Å². The number of hydrogen-bond acceptors (Lipinski definition) is 5. The third-order valence-electron chi connectivity index (χ3n) is 3.98. The first kappa shape index (κ1) is 15.9. The van der Waals surface area contributed by atoms with Crippen LogP contribution in [0.25, 0.3) is 0 Å². The lowest BCUT2D eigenvalue weighted by molar-refractivity contribution is -0.0170. The first-order valence-electron chi connectivity index (χ1n) is 7.39. The SMILES string of the molecule is Cc1ccsc1C(C(C)N)N1CCC(OCCO)CC1. The van der Waals surface area contributed by atoms with Crippen molar-refractivity contribution in [2.45, 2.75) is 44.9 Å². The van der Waals surface area contributed by atoms with Gasteiger partial charge in [0.15, 0.2) is 0 Å². The highest BCUT2D eigenvalue weighted by molar-refractivity contribution is 7.10. The predicted molar refractivity (Wildman–Crippen MR) is 83.1 cm³/mol. The Morgan fingerprint density at radius 2 is 2.20 bits per heavy atom. The van der Waals surface area contributed by atoms with Crippen LogP contribution < -0.4 is 5.73 Å². The number of thiophene rings is 1. The van der Waals surface area contributed by atoms with E-state index in [1.807, 2.05) is 11.3 Å². The molecule has 4 nitrogen and oxygen atoms in total. The van der Waals surface area contributed by atoms with Crippen molar-refractivity contribution < 1.29 is 9.84 Å². The zero-order chi connectivity index (χ0) is 14.5. The molecule has 1 aromatic heterocycles. The molecule has 2 rings (SSSR count). The molecule has 1 fully saturated rings. The lowest BCUT2D eigenvalue weighted by Crippen LogP contribution is -2.45. The number of aliphatic hydroxyl groups excluding tert-OH is 1. The van der Waals surface area contributed by atoms with E-state index >= 15 is 0 Å². The van der Waals surface area contributed by atoms with Gasteiger partial charge in [0.05, 0.1) is 25.4 Å². The van der Waals surface area contributed by atoms with E-state index in [-0.39, 0.29) is 18.8 Å². The van der Waals surface area contributed by atoms with Gasteiger partial charge in [-0.05, 0) is 43.7 Å². The van der Waals surface area contributed by atoms with Crippen LogP contribution in [0.5, 0.6) is 0 Å². The van der Waals surface area contributed by atoms with E-state index in [9.17, 15) is 0 Å². The van der Waals surface area contributed by atoms with Crippen LogP contribution in [0.1, 0.15) is 36.2 Å². The molecule has 1 saturated heterocycles. The van der Waals surface area contributed by atoms with Crippen molar-refractivity contribution >= 4 is 11.3 Å². The van der Waals surface area contributed by atoms with E-state index < -0.39 is 0 Å². The number of piperidine rings is 1. The molecule has 3 N–H and O–H groups in total. The largest absolute Gasteiger partial charge is 0.394 e. The van der Waals surface area contributed by atoms with Crippen molar-refractivity contribution in [2.75, 3.05) is 26.3 Å². The monoisotopic (exact) mass is 298 g/mol. The average Bonchev–Trinajstić information content (AvgIpc) is 2.84. The Morgan fingerprint density at radius 1 is 1.50 bits per heavy atom. The van der Waals surface area contributed by atoms with Crippen molar-refractivity contribution in [3.63, 3.8) is 0 Å². The maximum Gasteiger partial charge on any atom is 0.0701 e. The molecule has 0 bridgehead atoms. The summed E-state index contributed by atoms with van der Waals surface area (Å²) in [6, 6.07) is 2.61. The molecule has 0 aromatic carbocycles. The standard InChI is InChI=1S/C15H26N2O2S/c1-11-5-10-20-15(11)14(12(2)16)17-6-3-13(4-7-17)19-9-8-18/h5,10,12-14,18H,3-4,6-9,16H2,1-2H3. The van der Waals surface area contributed by atoms with Gasteiger partial charge in [-0.1, -0.05) is 0 Å². The van der Waals surface area contributed by atoms with Crippen LogP contribution in [0.2, 0.25) is 0 Å². The summed E-state index contributed by atoms with van der Waals surface area (Å²) in [7, 11) is 0. The molecule has 0 radical (unpaired) electrons. The van der Waals surface area contributed by atoms with Crippen LogP contribution in [0, 0.1) is 6.92 Å². The second kappa shape index (κ2) is 7.52. The average molecular weight is 298 g/mol. The number of aryl methyl sites for hydroxylation is 1. The normalized spacial score (nSPS) is 21.0. The summed E-state index contributed by atoms with van der Waals surface area (Å²) in [6.07, 6.45) is 2.33. The summed E-state index contributed by atoms with van der Waals surface area (Å²) in [4.78, 5) is 3.89. The smallest absolute Gasteiger partial charge is 0.0701 e. The maximum absolute atomic E-state index is 8.81. The molecule has 0 saturated carbocycles. The Labute approximate surface area is 125 Å². The van der Waals surface area contributed by atoms with Gasteiger partial charge < -0.3 is 15.6 Å². The van der Waals surface area contributed by atoms with Gasteiger partial charge in [-0.3, -0.25) is 4.90 Å². The van der Waals surface area contributed by atoms with Gasteiger partial charge in [-0.2, -0.15) is 0 Å². The Bertz CT molecular complexity index is 400. The predicted octanol–water partition coefficient (Wildman–Crippen LogP) is 1.92. The van der Waals surface area contributed by atoms with Gasteiger partial charge in [-0.25, -0.2) is 0 Å². The summed E-state index contributed by atoms with van der Waals surface area (Å²) < 4.78 is 5.63. The van der Waals surface area contributed by atoms with Gasteiger partial charge in [0, 0.05) is 24.0 Å². The van der Waals surface area contributed by atoms with Crippen molar-refractivity contribution in [3.8, 4) is 0 Å². The highest BCUT2D eigenvalue weighted by Gasteiger charge is 2.30. The highest BCUT2D eigenvalue weighted by Crippen LogP contribution is 2.33. The van der Waals surface area contributed by atoms with Crippen LogP contribution in [0.4, 0.5) is 0 Å². The molecule has 2 atom stereocenters. The summed E-state index contributed by atoms with van der Waals surface area (Å²) in [5.74, 6) is 0. The topological polar surface area (TPSA) is 58.7 Å². The number of likely N-dealkylation sites (tertiary alicyclic amines) is 1. The molecule has 1 aromatic rings. The minimum absolute atomic E-state index is 0.108. The second-order valence-corrected chi connectivity index (χ2v) is 6.55. The fourth-order valence-corrected chi connectivity index (χ4v) is 4.14. The van der Waals surface area contributed by atoms with E-state index in [1.165, 1.54) is 10.4 Å². The zero-order valence-electron chi connectivity index (χ0n) is 12.4. The molecule has 1 aliphatic rings. The van der Waals surface area contributed by atoms with Crippen LogP contribution >= 0.6 is 11.3 Å². The Balaban J connectivity index is 1.97. The number of nitrogens with zero attached hydrogens (tertiary/aromatic N) is 1. The third-order valence-corrected chi connectivity index (χ3v) is 5.07. The van der Waals surface area contributed by atoms with E-state index in [1.54, 1.807) is 0 Å². The fraction of sp³-hybridized carbons (Fsp3) is 0.733. The minimum atomic E-state index is 0.108. The Morgan fingerprint density at radius 3 is 2.70 bits per heavy atom. The van der Waals surface area contributed by atoms with Gasteiger partial charge in [0.1, 0.15) is 0 Å². The maximum atomic E-state index is 8.81. The molecule has 114 valence electrons. The van der Waals surface area contributed by atoms with Gasteiger partial charge in [0.2, 0.25) is 0 Å². The first-order valence-corrected chi connectivity index (χ1v) is 8.27. The zero-order valence-corrected chi connectivity index (χ0v) is 13.2. The van der Waals surface area contributed by atoms with Crippen LogP contribution in [-0.4, -0.2) is 48.5 Å². The van der Waals surface area contributed by atoms with E-state index in [0.29, 0.717) is 12.6 Å². The quantitative estimate of drug-likeness (QED) is 0.842. The van der Waals surface area contributed by atoms with Crippen LogP contribution in [0.3, 0.4) is 0 Å².